The molecule has 0 aromatic heterocycles. The summed E-state index contributed by atoms with van der Waals surface area (Å²) >= 11 is 0. The Labute approximate surface area is 52.0 Å². The Morgan fingerprint density at radius 3 is 2.67 bits per heavy atom. The van der Waals surface area contributed by atoms with Gasteiger partial charge in [-0.2, -0.15) is 0 Å². The Morgan fingerprint density at radius 2 is 2.56 bits per heavy atom. The van der Waals surface area contributed by atoms with Crippen molar-refractivity contribution in [3.63, 3.8) is 0 Å². The summed E-state index contributed by atoms with van der Waals surface area (Å²) in [6.45, 7) is 3.30. The molecule has 1 aliphatic carbocycles. The van der Waals surface area contributed by atoms with E-state index in [0.717, 1.165) is 0 Å². The molecule has 1 saturated carbocycles. The molecule has 0 aromatic carbocycles. The molecule has 1 rings (SSSR count). The molecule has 1 aliphatic rings. The molecule has 3 heteroatoms. The summed E-state index contributed by atoms with van der Waals surface area (Å²) in [5, 5.41) is 8.19. The number of carboxylic acid groups (broad SMARTS) is 1. The van der Waals surface area contributed by atoms with E-state index in [1.54, 1.807) is 0 Å². The van der Waals surface area contributed by atoms with Crippen molar-refractivity contribution in [2.75, 3.05) is 0 Å². The van der Waals surface area contributed by atoms with E-state index in [2.05, 4.69) is 6.58 Å². The Bertz CT molecular complexity index is 166. The van der Waals surface area contributed by atoms with Crippen LogP contribution in [0, 0.1) is 5.92 Å². The normalized spacial score (nSPS) is 39.9. The summed E-state index contributed by atoms with van der Waals surface area (Å²) < 4.78 is 12.6. The summed E-state index contributed by atoms with van der Waals surface area (Å²) in [6.07, 6.45) is 1.43. The molecular weight excluding hydrogens is 123 g/mol. The first-order valence-electron chi connectivity index (χ1n) is 2.66. The number of hydrogen-bond acceptors (Lipinski definition) is 1. The van der Waals surface area contributed by atoms with E-state index in [9.17, 15) is 9.18 Å². The summed E-state index contributed by atoms with van der Waals surface area (Å²) in [6, 6.07) is 0. The molecule has 0 heterocycles. The Hall–Kier alpha value is -0.860. The first-order valence-corrected chi connectivity index (χ1v) is 2.66. The van der Waals surface area contributed by atoms with Crippen molar-refractivity contribution in [2.45, 2.75) is 12.1 Å². The van der Waals surface area contributed by atoms with Crippen LogP contribution in [0.4, 0.5) is 4.39 Å². The first-order chi connectivity index (χ1) is 4.11. The molecule has 1 fully saturated rings. The summed E-state index contributed by atoms with van der Waals surface area (Å²) in [5.41, 5.74) is -1.98. The molecule has 0 aliphatic heterocycles. The Kier molecular flexibility index (Phi) is 1.08. The van der Waals surface area contributed by atoms with Gasteiger partial charge in [-0.25, -0.2) is 9.18 Å². The highest BCUT2D eigenvalue weighted by Gasteiger charge is 2.60. The van der Waals surface area contributed by atoms with Gasteiger partial charge in [0.05, 0.1) is 0 Å². The van der Waals surface area contributed by atoms with Crippen molar-refractivity contribution in [2.24, 2.45) is 5.92 Å². The number of rotatable bonds is 2. The van der Waals surface area contributed by atoms with Crippen molar-refractivity contribution >= 4 is 5.97 Å². The molecule has 9 heavy (non-hydrogen) atoms. The second-order valence-corrected chi connectivity index (χ2v) is 2.21. The topological polar surface area (TPSA) is 37.3 Å². The van der Waals surface area contributed by atoms with Gasteiger partial charge in [0, 0.05) is 12.3 Å². The van der Waals surface area contributed by atoms with Crippen LogP contribution in [0.25, 0.3) is 0 Å². The van der Waals surface area contributed by atoms with Crippen LogP contribution in [0.5, 0.6) is 0 Å². The fourth-order valence-electron chi connectivity index (χ4n) is 0.777. The third kappa shape index (κ3) is 0.724. The molecule has 50 valence electrons. The SMILES string of the molecule is C=C[C@@H]1C[C@@]1(F)C(=O)O. The van der Waals surface area contributed by atoms with Crippen LogP contribution < -0.4 is 0 Å². The monoisotopic (exact) mass is 130 g/mol. The van der Waals surface area contributed by atoms with Gasteiger partial charge in [0.2, 0.25) is 5.67 Å². The minimum Gasteiger partial charge on any atom is -0.479 e. The number of alkyl halides is 1. The zero-order chi connectivity index (χ0) is 7.07. The van der Waals surface area contributed by atoms with Gasteiger partial charge in [-0.15, -0.1) is 6.58 Å². The second-order valence-electron chi connectivity index (χ2n) is 2.21. The number of allylic oxidation sites excluding steroid dienone is 1. The minimum absolute atomic E-state index is 0.0891. The lowest BCUT2D eigenvalue weighted by atomic mass is 10.3. The van der Waals surface area contributed by atoms with Gasteiger partial charge in [-0.05, 0) is 0 Å². The molecule has 0 saturated heterocycles. The van der Waals surface area contributed by atoms with Crippen LogP contribution in [0.15, 0.2) is 12.7 Å². The predicted octanol–water partition coefficient (Wildman–Crippen LogP) is 0.985. The molecule has 0 bridgehead atoms. The maximum atomic E-state index is 12.6. The molecule has 0 amide bonds. The second kappa shape index (κ2) is 1.56. The molecule has 0 unspecified atom stereocenters. The zero-order valence-electron chi connectivity index (χ0n) is 4.80. The van der Waals surface area contributed by atoms with Crippen LogP contribution >= 0.6 is 0 Å². The van der Waals surface area contributed by atoms with Gasteiger partial charge in [-0.1, -0.05) is 6.08 Å². The van der Waals surface area contributed by atoms with Gasteiger partial charge < -0.3 is 5.11 Å². The van der Waals surface area contributed by atoms with Crippen LogP contribution in [-0.2, 0) is 4.79 Å². The zero-order valence-corrected chi connectivity index (χ0v) is 4.80. The van der Waals surface area contributed by atoms with Crippen LogP contribution in [-0.4, -0.2) is 16.7 Å². The molecule has 0 radical (unpaired) electrons. The molecule has 0 spiro atoms. The van der Waals surface area contributed by atoms with E-state index in [4.69, 9.17) is 5.11 Å². The standard InChI is InChI=1S/C6H7FO2/c1-2-4-3-6(4,7)5(8)9/h2,4H,1,3H2,(H,8,9)/t4-,6+/m1/s1. The molecular formula is C6H7FO2. The van der Waals surface area contributed by atoms with E-state index in [0.29, 0.717) is 0 Å². The van der Waals surface area contributed by atoms with E-state index in [1.807, 2.05) is 0 Å². The lowest BCUT2D eigenvalue weighted by Gasteiger charge is -1.94. The molecule has 2 atom stereocenters. The van der Waals surface area contributed by atoms with Crippen molar-refractivity contribution in [1.29, 1.82) is 0 Å². The van der Waals surface area contributed by atoms with E-state index >= 15 is 0 Å². The van der Waals surface area contributed by atoms with Crippen LogP contribution in [0.2, 0.25) is 0 Å². The van der Waals surface area contributed by atoms with Gasteiger partial charge in [0.25, 0.3) is 0 Å². The average molecular weight is 130 g/mol. The van der Waals surface area contributed by atoms with Crippen molar-refractivity contribution < 1.29 is 14.3 Å². The fraction of sp³-hybridized carbons (Fsp3) is 0.500. The Balaban J connectivity index is 2.62. The van der Waals surface area contributed by atoms with Gasteiger partial charge in [-0.3, -0.25) is 0 Å². The summed E-state index contributed by atoms with van der Waals surface area (Å²) in [7, 11) is 0. The van der Waals surface area contributed by atoms with Crippen molar-refractivity contribution in [3.8, 4) is 0 Å². The smallest absolute Gasteiger partial charge is 0.342 e. The maximum absolute atomic E-state index is 12.6. The van der Waals surface area contributed by atoms with E-state index in [-0.39, 0.29) is 6.42 Å². The van der Waals surface area contributed by atoms with E-state index < -0.39 is 17.6 Å². The lowest BCUT2D eigenvalue weighted by molar-refractivity contribution is -0.144. The Morgan fingerprint density at radius 1 is 2.00 bits per heavy atom. The van der Waals surface area contributed by atoms with Crippen LogP contribution in [0.1, 0.15) is 6.42 Å². The molecule has 2 nitrogen and oxygen atoms in total. The van der Waals surface area contributed by atoms with Gasteiger partial charge >= 0.3 is 5.97 Å². The number of carbonyl (C=O) groups is 1. The van der Waals surface area contributed by atoms with E-state index in [1.165, 1.54) is 6.08 Å². The highest BCUT2D eigenvalue weighted by Crippen LogP contribution is 2.47. The molecule has 0 aromatic rings. The number of aliphatic carboxylic acids is 1. The molecule has 1 N–H and O–H groups in total. The third-order valence-electron chi connectivity index (χ3n) is 1.58. The first kappa shape index (κ1) is 6.26. The van der Waals surface area contributed by atoms with Crippen molar-refractivity contribution in [1.82, 2.24) is 0 Å². The predicted molar refractivity (Wildman–Crippen MR) is 29.8 cm³/mol. The van der Waals surface area contributed by atoms with Gasteiger partial charge in [0.1, 0.15) is 0 Å². The maximum Gasteiger partial charge on any atom is 0.342 e. The highest BCUT2D eigenvalue weighted by molar-refractivity contribution is 5.82. The number of carboxylic acids is 1. The summed E-state index contributed by atoms with van der Waals surface area (Å²) in [4.78, 5) is 10.0. The number of hydrogen-bond donors (Lipinski definition) is 1. The largest absolute Gasteiger partial charge is 0.479 e. The number of halogens is 1. The summed E-state index contributed by atoms with van der Waals surface area (Å²) in [5.74, 6) is -1.83. The lowest BCUT2D eigenvalue weighted by Crippen LogP contribution is -2.17. The average Bonchev–Trinajstić information content (AvgIpc) is 2.44. The van der Waals surface area contributed by atoms with Crippen LogP contribution in [0.3, 0.4) is 0 Å². The highest BCUT2D eigenvalue weighted by atomic mass is 19.1. The minimum atomic E-state index is -1.98. The quantitative estimate of drug-likeness (QED) is 0.566. The third-order valence-corrected chi connectivity index (χ3v) is 1.58. The van der Waals surface area contributed by atoms with Gasteiger partial charge in [0.15, 0.2) is 0 Å². The van der Waals surface area contributed by atoms with Crippen molar-refractivity contribution in [3.05, 3.63) is 12.7 Å². The fourth-order valence-corrected chi connectivity index (χ4v) is 0.777.